The highest BCUT2D eigenvalue weighted by Gasteiger charge is 2.11. The third kappa shape index (κ3) is 5.28. The second kappa shape index (κ2) is 5.62. The minimum Gasteiger partial charge on any atom is -0.329 e. The van der Waals surface area contributed by atoms with E-state index in [9.17, 15) is 4.21 Å². The van der Waals surface area contributed by atoms with E-state index in [1.807, 2.05) is 6.92 Å². The van der Waals surface area contributed by atoms with Gasteiger partial charge in [-0.3, -0.25) is 8.74 Å². The lowest BCUT2D eigenvalue weighted by molar-refractivity contribution is 0.238. The molecule has 0 aliphatic carbocycles. The van der Waals surface area contributed by atoms with Gasteiger partial charge in [0.05, 0.1) is 6.61 Å². The van der Waals surface area contributed by atoms with Gasteiger partial charge < -0.3 is 11.5 Å². The van der Waals surface area contributed by atoms with Gasteiger partial charge in [-0.2, -0.15) is 4.21 Å². The molecule has 3 unspecified atom stereocenters. The third-order valence-electron chi connectivity index (χ3n) is 1.43. The van der Waals surface area contributed by atoms with Crippen LogP contribution in [0.1, 0.15) is 6.92 Å². The quantitative estimate of drug-likeness (QED) is 0.477. The van der Waals surface area contributed by atoms with Crippen molar-refractivity contribution >= 4 is 11.4 Å². The van der Waals surface area contributed by atoms with Crippen LogP contribution in [0.3, 0.4) is 0 Å². The molecule has 0 heterocycles. The third-order valence-corrected chi connectivity index (χ3v) is 1.77. The maximum Gasteiger partial charge on any atom is 0.301 e. The Labute approximate surface area is 68.6 Å². The van der Waals surface area contributed by atoms with Gasteiger partial charge in [0.25, 0.3) is 0 Å². The summed E-state index contributed by atoms with van der Waals surface area (Å²) in [6.07, 6.45) is 0. The minimum atomic E-state index is -2.20. The van der Waals surface area contributed by atoms with E-state index in [1.54, 1.807) is 0 Å². The van der Waals surface area contributed by atoms with Crippen LogP contribution in [0.15, 0.2) is 0 Å². The highest BCUT2D eigenvalue weighted by molar-refractivity contribution is 7.74. The molecule has 6 heteroatoms. The predicted octanol–water partition coefficient (Wildman–Crippen LogP) is -0.938. The van der Waals surface area contributed by atoms with E-state index < -0.39 is 11.4 Å². The Hall–Kier alpha value is -0.0100. The standard InChI is InChI=1S/C5H14N2O3S/c1-4(5(7)2-6)3-10-11(8)9/h4-5H,2-3,6-7H2,1H3,(H,8,9). The molecule has 0 radical (unpaired) electrons. The van der Waals surface area contributed by atoms with Gasteiger partial charge in [-0.25, -0.2) is 0 Å². The Bertz CT molecular complexity index is 133. The fourth-order valence-corrected chi connectivity index (χ4v) is 0.853. The Morgan fingerprint density at radius 3 is 2.64 bits per heavy atom. The average Bonchev–Trinajstić information content (AvgIpc) is 1.98. The number of rotatable bonds is 5. The lowest BCUT2D eigenvalue weighted by atomic mass is 10.1. The molecule has 0 aromatic carbocycles. The van der Waals surface area contributed by atoms with Crippen molar-refractivity contribution in [1.29, 1.82) is 0 Å². The van der Waals surface area contributed by atoms with E-state index in [-0.39, 0.29) is 18.6 Å². The molecular formula is C5H14N2O3S. The molecule has 0 rings (SSSR count). The van der Waals surface area contributed by atoms with Crippen molar-refractivity contribution in [3.8, 4) is 0 Å². The van der Waals surface area contributed by atoms with Crippen molar-refractivity contribution in [2.45, 2.75) is 13.0 Å². The van der Waals surface area contributed by atoms with Crippen molar-refractivity contribution in [2.24, 2.45) is 17.4 Å². The highest BCUT2D eigenvalue weighted by Crippen LogP contribution is 2.00. The van der Waals surface area contributed by atoms with Gasteiger partial charge in [0.2, 0.25) is 0 Å². The van der Waals surface area contributed by atoms with Gasteiger partial charge in [0, 0.05) is 12.6 Å². The van der Waals surface area contributed by atoms with Crippen LogP contribution in [0.2, 0.25) is 0 Å². The Morgan fingerprint density at radius 2 is 2.27 bits per heavy atom. The average molecular weight is 182 g/mol. The van der Waals surface area contributed by atoms with Crippen LogP contribution in [-0.4, -0.2) is 28.0 Å². The van der Waals surface area contributed by atoms with Gasteiger partial charge in [0.1, 0.15) is 0 Å². The largest absolute Gasteiger partial charge is 0.329 e. The molecule has 0 aromatic heterocycles. The van der Waals surface area contributed by atoms with Gasteiger partial charge in [-0.05, 0) is 5.92 Å². The first-order valence-electron chi connectivity index (χ1n) is 3.27. The van der Waals surface area contributed by atoms with E-state index in [2.05, 4.69) is 4.18 Å². The van der Waals surface area contributed by atoms with Crippen LogP contribution in [0.25, 0.3) is 0 Å². The zero-order valence-electron chi connectivity index (χ0n) is 6.40. The van der Waals surface area contributed by atoms with Crippen LogP contribution < -0.4 is 11.5 Å². The van der Waals surface area contributed by atoms with Gasteiger partial charge in [-0.15, -0.1) is 0 Å². The fraction of sp³-hybridized carbons (Fsp3) is 1.00. The summed E-state index contributed by atoms with van der Waals surface area (Å²) in [4.78, 5) is 0. The van der Waals surface area contributed by atoms with Crippen LogP contribution in [-0.2, 0) is 15.5 Å². The molecule has 0 aliphatic heterocycles. The summed E-state index contributed by atoms with van der Waals surface area (Å²) in [7, 11) is 0. The maximum absolute atomic E-state index is 10.0. The van der Waals surface area contributed by atoms with Crippen LogP contribution in [0.4, 0.5) is 0 Å². The molecular weight excluding hydrogens is 168 g/mol. The normalized spacial score (nSPS) is 19.3. The van der Waals surface area contributed by atoms with Gasteiger partial charge in [-0.1, -0.05) is 6.92 Å². The first-order valence-corrected chi connectivity index (χ1v) is 4.31. The zero-order valence-corrected chi connectivity index (χ0v) is 7.21. The van der Waals surface area contributed by atoms with Crippen molar-refractivity contribution in [3.05, 3.63) is 0 Å². The van der Waals surface area contributed by atoms with Crippen LogP contribution in [0, 0.1) is 5.92 Å². The number of hydrogen-bond donors (Lipinski definition) is 3. The van der Waals surface area contributed by atoms with Crippen LogP contribution in [0.5, 0.6) is 0 Å². The van der Waals surface area contributed by atoms with Gasteiger partial charge >= 0.3 is 11.4 Å². The van der Waals surface area contributed by atoms with E-state index in [4.69, 9.17) is 16.0 Å². The number of nitrogens with two attached hydrogens (primary N) is 2. The molecule has 0 amide bonds. The second-order valence-corrected chi connectivity index (χ2v) is 3.05. The Morgan fingerprint density at radius 1 is 1.73 bits per heavy atom. The summed E-state index contributed by atoms with van der Waals surface area (Å²) in [6, 6.07) is -0.182. The second-order valence-electron chi connectivity index (χ2n) is 2.38. The summed E-state index contributed by atoms with van der Waals surface area (Å²) < 4.78 is 22.7. The summed E-state index contributed by atoms with van der Waals surface area (Å²) in [5, 5.41) is 0. The van der Waals surface area contributed by atoms with Gasteiger partial charge in [0.15, 0.2) is 0 Å². The smallest absolute Gasteiger partial charge is 0.301 e. The molecule has 0 bridgehead atoms. The van der Waals surface area contributed by atoms with Crippen LogP contribution >= 0.6 is 0 Å². The van der Waals surface area contributed by atoms with E-state index in [1.165, 1.54) is 0 Å². The topological polar surface area (TPSA) is 98.6 Å². The first-order chi connectivity index (χ1) is 5.07. The maximum atomic E-state index is 10.0. The predicted molar refractivity (Wildman–Crippen MR) is 42.9 cm³/mol. The molecule has 0 saturated heterocycles. The lowest BCUT2D eigenvalue weighted by Crippen LogP contribution is -2.38. The van der Waals surface area contributed by atoms with E-state index in [0.717, 1.165) is 0 Å². The highest BCUT2D eigenvalue weighted by atomic mass is 32.2. The van der Waals surface area contributed by atoms with E-state index in [0.29, 0.717) is 6.54 Å². The summed E-state index contributed by atoms with van der Waals surface area (Å²) in [6.45, 7) is 2.31. The first kappa shape index (κ1) is 11.0. The molecule has 5 nitrogen and oxygen atoms in total. The summed E-state index contributed by atoms with van der Waals surface area (Å²) >= 11 is -2.20. The molecule has 0 fully saturated rings. The van der Waals surface area contributed by atoms with E-state index >= 15 is 0 Å². The van der Waals surface area contributed by atoms with Crippen molar-refractivity contribution in [2.75, 3.05) is 13.2 Å². The molecule has 11 heavy (non-hydrogen) atoms. The molecule has 68 valence electrons. The molecule has 0 aromatic rings. The molecule has 0 aliphatic rings. The summed E-state index contributed by atoms with van der Waals surface area (Å²) in [5.41, 5.74) is 10.8. The Kier molecular flexibility index (Phi) is 5.61. The number of hydrogen-bond acceptors (Lipinski definition) is 4. The van der Waals surface area contributed by atoms with Crippen molar-refractivity contribution < 1.29 is 12.9 Å². The molecule has 0 saturated carbocycles. The zero-order chi connectivity index (χ0) is 8.85. The summed E-state index contributed by atoms with van der Waals surface area (Å²) in [5.74, 6) is -0.00361. The van der Waals surface area contributed by atoms with Crippen molar-refractivity contribution in [3.63, 3.8) is 0 Å². The lowest BCUT2D eigenvalue weighted by Gasteiger charge is -2.16. The Balaban J connectivity index is 3.51. The fourth-order valence-electron chi connectivity index (χ4n) is 0.521. The molecule has 3 atom stereocenters. The van der Waals surface area contributed by atoms with Crippen molar-refractivity contribution in [1.82, 2.24) is 0 Å². The SMILES string of the molecule is CC(COS(=O)O)C(N)CN. The monoisotopic (exact) mass is 182 g/mol. The molecule has 0 spiro atoms. The molecule has 5 N–H and O–H groups in total. The minimum absolute atomic E-state index is 0.00361.